The molecule has 1 fully saturated rings. The van der Waals surface area contributed by atoms with Crippen molar-refractivity contribution in [3.8, 4) is 0 Å². The molecule has 3 rings (SSSR count). The number of piperazine rings is 1. The third-order valence-corrected chi connectivity index (χ3v) is 4.48. The first-order valence-corrected chi connectivity index (χ1v) is 7.60. The van der Waals surface area contributed by atoms with Gasteiger partial charge in [-0.25, -0.2) is 0 Å². The normalized spacial score (nSPS) is 23.7. The summed E-state index contributed by atoms with van der Waals surface area (Å²) in [7, 11) is 0. The Kier molecular flexibility index (Phi) is 3.76. The third kappa shape index (κ3) is 2.49. The summed E-state index contributed by atoms with van der Waals surface area (Å²) < 4.78 is 0. The molecule has 1 N–H and O–H groups in total. The molecular weight excluding hydrogens is 234 g/mol. The van der Waals surface area contributed by atoms with E-state index in [0.717, 1.165) is 26.2 Å². The topological polar surface area (TPSA) is 18.5 Å². The summed E-state index contributed by atoms with van der Waals surface area (Å²) in [4.78, 5) is 5.15. The number of hydrogen-bond acceptors (Lipinski definition) is 3. The average Bonchev–Trinajstić information content (AvgIpc) is 2.76. The zero-order valence-corrected chi connectivity index (χ0v) is 12.2. The Hall–Kier alpha value is -1.06. The highest BCUT2D eigenvalue weighted by atomic mass is 15.2. The summed E-state index contributed by atoms with van der Waals surface area (Å²) in [6.07, 6.45) is 1.21. The molecule has 0 amide bonds. The average molecular weight is 259 g/mol. The van der Waals surface area contributed by atoms with Gasteiger partial charge in [0, 0.05) is 51.0 Å². The molecule has 3 nitrogen and oxygen atoms in total. The Morgan fingerprint density at radius 2 is 2.05 bits per heavy atom. The first-order valence-electron chi connectivity index (χ1n) is 7.60. The van der Waals surface area contributed by atoms with E-state index < -0.39 is 0 Å². The van der Waals surface area contributed by atoms with Crippen LogP contribution in [0.25, 0.3) is 0 Å². The number of rotatable bonds is 3. The van der Waals surface area contributed by atoms with E-state index in [4.69, 9.17) is 0 Å². The lowest BCUT2D eigenvalue weighted by Gasteiger charge is -2.30. The van der Waals surface area contributed by atoms with E-state index in [1.165, 1.54) is 30.8 Å². The minimum Gasteiger partial charge on any atom is -0.368 e. The van der Waals surface area contributed by atoms with E-state index in [1.54, 1.807) is 5.56 Å². The van der Waals surface area contributed by atoms with E-state index in [9.17, 15) is 0 Å². The molecule has 0 spiro atoms. The van der Waals surface area contributed by atoms with Crippen molar-refractivity contribution in [2.24, 2.45) is 0 Å². The van der Waals surface area contributed by atoms with Gasteiger partial charge in [-0.3, -0.25) is 4.90 Å². The van der Waals surface area contributed by atoms with Crippen LogP contribution in [0.4, 0.5) is 5.69 Å². The lowest BCUT2D eigenvalue weighted by atomic mass is 10.1. The highest BCUT2D eigenvalue weighted by Gasteiger charge is 2.27. The van der Waals surface area contributed by atoms with Crippen molar-refractivity contribution < 1.29 is 0 Å². The molecule has 0 bridgehead atoms. The quantitative estimate of drug-likeness (QED) is 0.894. The van der Waals surface area contributed by atoms with Crippen molar-refractivity contribution in [1.29, 1.82) is 0 Å². The van der Waals surface area contributed by atoms with Crippen LogP contribution in [0, 0.1) is 0 Å². The number of hydrogen-bond donors (Lipinski definition) is 1. The van der Waals surface area contributed by atoms with Crippen LogP contribution in [-0.4, -0.2) is 43.7 Å². The van der Waals surface area contributed by atoms with Crippen molar-refractivity contribution in [2.75, 3.05) is 37.6 Å². The van der Waals surface area contributed by atoms with E-state index in [2.05, 4.69) is 47.2 Å². The van der Waals surface area contributed by atoms with Crippen LogP contribution < -0.4 is 10.2 Å². The molecule has 3 heteroatoms. The maximum Gasteiger partial charge on any atom is 0.0447 e. The first-order chi connectivity index (χ1) is 9.29. The summed E-state index contributed by atoms with van der Waals surface area (Å²) in [6.45, 7) is 11.4. The van der Waals surface area contributed by atoms with E-state index >= 15 is 0 Å². The summed E-state index contributed by atoms with van der Waals surface area (Å²) in [6, 6.07) is 7.52. The van der Waals surface area contributed by atoms with Crippen LogP contribution in [0.3, 0.4) is 0 Å². The number of nitrogens with zero attached hydrogens (tertiary/aromatic N) is 2. The van der Waals surface area contributed by atoms with Crippen LogP contribution in [0.15, 0.2) is 18.2 Å². The molecule has 0 radical (unpaired) electrons. The smallest absolute Gasteiger partial charge is 0.0447 e. The SMILES string of the molecule is CCN1c2c(cccc2CN2CCNCC2)CC1C. The molecule has 0 saturated carbocycles. The lowest BCUT2D eigenvalue weighted by molar-refractivity contribution is 0.233. The van der Waals surface area contributed by atoms with Gasteiger partial charge in [0.15, 0.2) is 0 Å². The van der Waals surface area contributed by atoms with Crippen LogP contribution in [0.1, 0.15) is 25.0 Å². The van der Waals surface area contributed by atoms with Crippen molar-refractivity contribution in [3.05, 3.63) is 29.3 Å². The minimum atomic E-state index is 0.657. The molecule has 0 aromatic heterocycles. The van der Waals surface area contributed by atoms with Crippen molar-refractivity contribution >= 4 is 5.69 Å². The van der Waals surface area contributed by atoms with E-state index in [1.807, 2.05) is 0 Å². The highest BCUT2D eigenvalue weighted by molar-refractivity contribution is 5.64. The van der Waals surface area contributed by atoms with Crippen molar-refractivity contribution in [2.45, 2.75) is 32.9 Å². The summed E-state index contributed by atoms with van der Waals surface area (Å²) in [5, 5.41) is 3.43. The molecule has 2 aliphatic rings. The number of fused-ring (bicyclic) bond motifs is 1. The Morgan fingerprint density at radius 1 is 1.26 bits per heavy atom. The van der Waals surface area contributed by atoms with Crippen molar-refractivity contribution in [3.63, 3.8) is 0 Å². The zero-order valence-electron chi connectivity index (χ0n) is 12.2. The summed E-state index contributed by atoms with van der Waals surface area (Å²) >= 11 is 0. The highest BCUT2D eigenvalue weighted by Crippen LogP contribution is 2.35. The van der Waals surface area contributed by atoms with Crippen LogP contribution >= 0.6 is 0 Å². The largest absolute Gasteiger partial charge is 0.368 e. The van der Waals surface area contributed by atoms with Gasteiger partial charge in [-0.2, -0.15) is 0 Å². The molecule has 1 unspecified atom stereocenters. The van der Waals surface area contributed by atoms with Crippen LogP contribution in [-0.2, 0) is 13.0 Å². The molecule has 2 heterocycles. The molecule has 1 aromatic rings. The second kappa shape index (κ2) is 5.51. The van der Waals surface area contributed by atoms with Gasteiger partial charge in [0.1, 0.15) is 0 Å². The Balaban J connectivity index is 1.84. The molecule has 1 saturated heterocycles. The summed E-state index contributed by atoms with van der Waals surface area (Å²) in [5.74, 6) is 0. The molecule has 1 aromatic carbocycles. The third-order valence-electron chi connectivity index (χ3n) is 4.48. The fourth-order valence-electron chi connectivity index (χ4n) is 3.53. The number of para-hydroxylation sites is 1. The Labute approximate surface area is 116 Å². The number of anilines is 1. The number of benzene rings is 1. The fraction of sp³-hybridized carbons (Fsp3) is 0.625. The van der Waals surface area contributed by atoms with Crippen molar-refractivity contribution in [1.82, 2.24) is 10.2 Å². The lowest BCUT2D eigenvalue weighted by Crippen LogP contribution is -2.43. The van der Waals surface area contributed by atoms with Gasteiger partial charge in [-0.1, -0.05) is 18.2 Å². The summed E-state index contributed by atoms with van der Waals surface area (Å²) in [5.41, 5.74) is 4.59. The minimum absolute atomic E-state index is 0.657. The monoisotopic (exact) mass is 259 g/mol. The maximum atomic E-state index is 3.43. The number of nitrogens with one attached hydrogen (secondary N) is 1. The van der Waals surface area contributed by atoms with Gasteiger partial charge in [0.05, 0.1) is 0 Å². The first kappa shape index (κ1) is 12.9. The van der Waals surface area contributed by atoms with Crippen LogP contribution in [0.2, 0.25) is 0 Å². The Morgan fingerprint density at radius 3 is 2.79 bits per heavy atom. The second-order valence-corrected chi connectivity index (χ2v) is 5.79. The van der Waals surface area contributed by atoms with Gasteiger partial charge in [-0.05, 0) is 31.4 Å². The molecule has 104 valence electrons. The van der Waals surface area contributed by atoms with E-state index in [0.29, 0.717) is 6.04 Å². The van der Waals surface area contributed by atoms with Gasteiger partial charge in [-0.15, -0.1) is 0 Å². The Bertz CT molecular complexity index is 438. The molecular formula is C16H25N3. The standard InChI is InChI=1S/C16H25N3/c1-3-19-13(2)11-14-5-4-6-15(16(14)19)12-18-9-7-17-8-10-18/h4-6,13,17H,3,7-12H2,1-2H3. The number of likely N-dealkylation sites (N-methyl/N-ethyl adjacent to an activating group) is 1. The van der Waals surface area contributed by atoms with Gasteiger partial charge in [0.2, 0.25) is 0 Å². The zero-order chi connectivity index (χ0) is 13.2. The predicted octanol–water partition coefficient (Wildman–Crippen LogP) is 1.86. The van der Waals surface area contributed by atoms with E-state index in [-0.39, 0.29) is 0 Å². The molecule has 19 heavy (non-hydrogen) atoms. The molecule has 0 aliphatic carbocycles. The second-order valence-electron chi connectivity index (χ2n) is 5.79. The molecule has 1 atom stereocenters. The van der Waals surface area contributed by atoms with Gasteiger partial charge < -0.3 is 10.2 Å². The molecule has 2 aliphatic heterocycles. The van der Waals surface area contributed by atoms with Gasteiger partial charge >= 0.3 is 0 Å². The fourth-order valence-corrected chi connectivity index (χ4v) is 3.53. The maximum absolute atomic E-state index is 3.43. The van der Waals surface area contributed by atoms with Gasteiger partial charge in [0.25, 0.3) is 0 Å². The van der Waals surface area contributed by atoms with Crippen LogP contribution in [0.5, 0.6) is 0 Å². The predicted molar refractivity (Wildman–Crippen MR) is 80.8 cm³/mol.